The molecule has 0 spiro atoms. The van der Waals surface area contributed by atoms with Crippen LogP contribution in [0, 0.1) is 12.7 Å². The van der Waals surface area contributed by atoms with E-state index in [-0.39, 0.29) is 16.3 Å². The van der Waals surface area contributed by atoms with Crippen LogP contribution in [0.5, 0.6) is 0 Å². The summed E-state index contributed by atoms with van der Waals surface area (Å²) in [7, 11) is 0. The molecule has 1 unspecified atom stereocenters. The lowest BCUT2D eigenvalue weighted by atomic mass is 10.1. The minimum atomic E-state index is -1.14. The molecule has 1 amide bonds. The molecular formula is C19H15ClFN3O4. The molecule has 0 fully saturated rings. The molecule has 3 aromatic rings. The fourth-order valence-electron chi connectivity index (χ4n) is 2.27. The molecule has 0 saturated carbocycles. The van der Waals surface area contributed by atoms with E-state index in [9.17, 15) is 14.0 Å². The number of nitrogens with zero attached hydrogens (tertiary/aromatic N) is 2. The number of halogens is 2. The molecule has 0 radical (unpaired) electrons. The second kappa shape index (κ2) is 8.18. The fraction of sp³-hybridized carbons (Fsp3) is 0.158. The van der Waals surface area contributed by atoms with E-state index in [1.807, 2.05) is 0 Å². The topological polar surface area (TPSA) is 94.3 Å². The van der Waals surface area contributed by atoms with Crippen LogP contribution in [0.3, 0.4) is 0 Å². The Morgan fingerprint density at radius 2 is 1.93 bits per heavy atom. The van der Waals surface area contributed by atoms with E-state index in [2.05, 4.69) is 15.5 Å². The zero-order valence-corrected chi connectivity index (χ0v) is 15.7. The van der Waals surface area contributed by atoms with E-state index in [0.717, 1.165) is 6.07 Å². The van der Waals surface area contributed by atoms with E-state index >= 15 is 0 Å². The van der Waals surface area contributed by atoms with E-state index in [1.54, 1.807) is 19.1 Å². The molecule has 28 heavy (non-hydrogen) atoms. The van der Waals surface area contributed by atoms with Gasteiger partial charge >= 0.3 is 5.97 Å². The van der Waals surface area contributed by atoms with Gasteiger partial charge in [-0.1, -0.05) is 16.8 Å². The van der Waals surface area contributed by atoms with Crippen LogP contribution in [0.1, 0.15) is 23.1 Å². The Hall–Kier alpha value is -3.26. The van der Waals surface area contributed by atoms with Crippen LogP contribution in [-0.4, -0.2) is 28.1 Å². The van der Waals surface area contributed by atoms with Crippen molar-refractivity contribution in [1.29, 1.82) is 0 Å². The van der Waals surface area contributed by atoms with Gasteiger partial charge in [0.1, 0.15) is 5.82 Å². The number of carbonyl (C=O) groups is 2. The van der Waals surface area contributed by atoms with Gasteiger partial charge in [0.05, 0.1) is 11.3 Å². The quantitative estimate of drug-likeness (QED) is 0.646. The van der Waals surface area contributed by atoms with Gasteiger partial charge < -0.3 is 14.6 Å². The number of aromatic nitrogens is 2. The first-order valence-electron chi connectivity index (χ1n) is 8.21. The first-order valence-corrected chi connectivity index (χ1v) is 8.59. The molecule has 0 aliphatic heterocycles. The van der Waals surface area contributed by atoms with E-state index in [4.69, 9.17) is 20.9 Å². The van der Waals surface area contributed by atoms with Crippen molar-refractivity contribution < 1.29 is 23.2 Å². The van der Waals surface area contributed by atoms with Gasteiger partial charge in [-0.15, -0.1) is 0 Å². The maximum Gasteiger partial charge on any atom is 0.338 e. The molecule has 0 aliphatic rings. The number of nitrogens with one attached hydrogen (secondary N) is 1. The number of rotatable bonds is 5. The highest BCUT2D eigenvalue weighted by molar-refractivity contribution is 6.30. The predicted octanol–water partition coefficient (Wildman–Crippen LogP) is 4.02. The molecule has 1 atom stereocenters. The van der Waals surface area contributed by atoms with Crippen molar-refractivity contribution in [2.24, 2.45) is 0 Å². The number of anilines is 1. The summed E-state index contributed by atoms with van der Waals surface area (Å²) in [5, 5.41) is 6.25. The molecule has 1 heterocycles. The highest BCUT2D eigenvalue weighted by atomic mass is 35.5. The average molecular weight is 404 g/mol. The SMILES string of the molecule is Cc1noc(-c2ccc(C(=O)OC(C)C(=O)Nc3ccc(Cl)cc3F)cc2)n1. The van der Waals surface area contributed by atoms with Crippen LogP contribution >= 0.6 is 11.6 Å². The minimum absolute atomic E-state index is 0.0588. The van der Waals surface area contributed by atoms with Crippen LogP contribution in [0.15, 0.2) is 47.0 Å². The van der Waals surface area contributed by atoms with Crippen molar-refractivity contribution in [3.05, 3.63) is 64.7 Å². The Morgan fingerprint density at radius 3 is 2.54 bits per heavy atom. The first-order chi connectivity index (χ1) is 13.3. The van der Waals surface area contributed by atoms with Gasteiger partial charge in [-0.3, -0.25) is 4.79 Å². The Balaban J connectivity index is 1.62. The number of esters is 1. The molecule has 2 aromatic carbocycles. The second-order valence-corrected chi connectivity index (χ2v) is 6.32. The van der Waals surface area contributed by atoms with Crippen LogP contribution in [-0.2, 0) is 9.53 Å². The van der Waals surface area contributed by atoms with Gasteiger partial charge in [0.25, 0.3) is 11.8 Å². The van der Waals surface area contributed by atoms with Crippen molar-refractivity contribution in [1.82, 2.24) is 10.1 Å². The maximum atomic E-state index is 13.8. The minimum Gasteiger partial charge on any atom is -0.449 e. The maximum absolute atomic E-state index is 13.8. The molecule has 7 nitrogen and oxygen atoms in total. The summed E-state index contributed by atoms with van der Waals surface area (Å²) in [6.07, 6.45) is -1.14. The number of carbonyl (C=O) groups excluding carboxylic acids is 2. The highest BCUT2D eigenvalue weighted by Crippen LogP contribution is 2.20. The smallest absolute Gasteiger partial charge is 0.338 e. The van der Waals surface area contributed by atoms with Gasteiger partial charge in [-0.05, 0) is 56.3 Å². The normalized spacial score (nSPS) is 11.7. The lowest BCUT2D eigenvalue weighted by molar-refractivity contribution is -0.123. The number of benzene rings is 2. The van der Waals surface area contributed by atoms with Crippen molar-refractivity contribution in [2.75, 3.05) is 5.32 Å². The largest absolute Gasteiger partial charge is 0.449 e. The monoisotopic (exact) mass is 403 g/mol. The molecule has 0 aliphatic carbocycles. The second-order valence-electron chi connectivity index (χ2n) is 5.89. The third-order valence-electron chi connectivity index (χ3n) is 3.74. The summed E-state index contributed by atoms with van der Waals surface area (Å²) >= 11 is 5.67. The van der Waals surface area contributed by atoms with Gasteiger partial charge in [0.2, 0.25) is 0 Å². The Bertz CT molecular complexity index is 1020. The lowest BCUT2D eigenvalue weighted by Gasteiger charge is -2.14. The average Bonchev–Trinajstić information content (AvgIpc) is 3.10. The van der Waals surface area contributed by atoms with Gasteiger partial charge in [-0.2, -0.15) is 4.98 Å². The Labute approximate surface area is 164 Å². The first kappa shape index (κ1) is 19.5. The summed E-state index contributed by atoms with van der Waals surface area (Å²) in [6, 6.07) is 10.1. The summed E-state index contributed by atoms with van der Waals surface area (Å²) in [6.45, 7) is 3.08. The zero-order valence-electron chi connectivity index (χ0n) is 14.9. The van der Waals surface area contributed by atoms with Crippen molar-refractivity contribution in [3.8, 4) is 11.5 Å². The van der Waals surface area contributed by atoms with Crippen molar-refractivity contribution in [3.63, 3.8) is 0 Å². The number of hydrogen-bond donors (Lipinski definition) is 1. The van der Waals surface area contributed by atoms with Crippen molar-refractivity contribution in [2.45, 2.75) is 20.0 Å². The third-order valence-corrected chi connectivity index (χ3v) is 3.97. The van der Waals surface area contributed by atoms with Crippen molar-refractivity contribution >= 4 is 29.2 Å². The van der Waals surface area contributed by atoms with Crippen LogP contribution in [0.25, 0.3) is 11.5 Å². The van der Waals surface area contributed by atoms with Crippen LogP contribution in [0.2, 0.25) is 5.02 Å². The lowest BCUT2D eigenvalue weighted by Crippen LogP contribution is -2.30. The molecule has 1 aromatic heterocycles. The Kier molecular flexibility index (Phi) is 5.70. The van der Waals surface area contributed by atoms with Gasteiger partial charge in [0.15, 0.2) is 11.9 Å². The van der Waals surface area contributed by atoms with Crippen LogP contribution in [0.4, 0.5) is 10.1 Å². The number of aryl methyl sites for hydroxylation is 1. The zero-order chi connectivity index (χ0) is 20.3. The molecular weight excluding hydrogens is 389 g/mol. The Morgan fingerprint density at radius 1 is 1.21 bits per heavy atom. The molecule has 9 heteroatoms. The third kappa shape index (κ3) is 4.52. The number of amides is 1. The number of ether oxygens (including phenoxy) is 1. The fourth-order valence-corrected chi connectivity index (χ4v) is 2.43. The molecule has 0 saturated heterocycles. The van der Waals surface area contributed by atoms with E-state index in [1.165, 1.54) is 31.2 Å². The predicted molar refractivity (Wildman–Crippen MR) is 99.4 cm³/mol. The standard InChI is InChI=1S/C19H15ClFN3O4/c1-10(17(25)23-16-8-7-14(20)9-15(16)21)27-19(26)13-5-3-12(4-6-13)18-22-11(2)24-28-18/h3-10H,1-2H3,(H,23,25). The summed E-state index contributed by atoms with van der Waals surface area (Å²) in [4.78, 5) is 28.5. The van der Waals surface area contributed by atoms with E-state index in [0.29, 0.717) is 17.3 Å². The summed E-state index contributed by atoms with van der Waals surface area (Å²) in [5.74, 6) is -1.24. The van der Waals surface area contributed by atoms with Gasteiger partial charge in [0, 0.05) is 10.6 Å². The molecule has 0 bridgehead atoms. The van der Waals surface area contributed by atoms with Crippen LogP contribution < -0.4 is 5.32 Å². The molecule has 1 N–H and O–H groups in total. The summed E-state index contributed by atoms with van der Waals surface area (Å²) in [5.41, 5.74) is 0.815. The number of hydrogen-bond acceptors (Lipinski definition) is 6. The summed E-state index contributed by atoms with van der Waals surface area (Å²) < 4.78 is 23.9. The highest BCUT2D eigenvalue weighted by Gasteiger charge is 2.20. The molecule has 144 valence electrons. The molecule has 3 rings (SSSR count). The van der Waals surface area contributed by atoms with E-state index < -0.39 is 23.8 Å². The van der Waals surface area contributed by atoms with Gasteiger partial charge in [-0.25, -0.2) is 9.18 Å².